The van der Waals surface area contributed by atoms with Gasteiger partial charge in [0.1, 0.15) is 11.5 Å². The summed E-state index contributed by atoms with van der Waals surface area (Å²) in [6.45, 7) is 0. The standard InChI is InChI=1S/C14H15IO2/c1-17-11-4-2-3-10-9(11)5-6-12(15)14(10)8-7-13(14)16/h2-4,12H,5-8H2,1H3/t12-,14+/m0/s1. The average molecular weight is 342 g/mol. The summed E-state index contributed by atoms with van der Waals surface area (Å²) in [6, 6.07) is 6.14. The van der Waals surface area contributed by atoms with E-state index in [-0.39, 0.29) is 5.41 Å². The van der Waals surface area contributed by atoms with Crippen molar-refractivity contribution in [3.63, 3.8) is 0 Å². The van der Waals surface area contributed by atoms with Crippen molar-refractivity contribution in [2.24, 2.45) is 0 Å². The minimum Gasteiger partial charge on any atom is -0.496 e. The van der Waals surface area contributed by atoms with Gasteiger partial charge in [0.15, 0.2) is 0 Å². The monoisotopic (exact) mass is 342 g/mol. The Morgan fingerprint density at radius 3 is 2.82 bits per heavy atom. The normalized spacial score (nSPS) is 30.9. The molecule has 17 heavy (non-hydrogen) atoms. The van der Waals surface area contributed by atoms with Crippen LogP contribution < -0.4 is 4.74 Å². The fraction of sp³-hybridized carbons (Fsp3) is 0.500. The van der Waals surface area contributed by atoms with Crippen molar-refractivity contribution in [1.29, 1.82) is 0 Å². The fourth-order valence-corrected chi connectivity index (χ4v) is 4.54. The molecule has 0 aromatic heterocycles. The van der Waals surface area contributed by atoms with Gasteiger partial charge >= 0.3 is 0 Å². The summed E-state index contributed by atoms with van der Waals surface area (Å²) < 4.78 is 5.88. The van der Waals surface area contributed by atoms with E-state index in [1.807, 2.05) is 12.1 Å². The van der Waals surface area contributed by atoms with E-state index in [0.717, 1.165) is 31.4 Å². The summed E-state index contributed by atoms with van der Waals surface area (Å²) in [7, 11) is 1.71. The smallest absolute Gasteiger partial charge is 0.144 e. The Bertz CT molecular complexity index is 483. The van der Waals surface area contributed by atoms with Crippen LogP contribution >= 0.6 is 22.6 Å². The molecule has 0 bridgehead atoms. The number of methoxy groups -OCH3 is 1. The van der Waals surface area contributed by atoms with Crippen LogP contribution in [0, 0.1) is 0 Å². The highest BCUT2D eigenvalue weighted by atomic mass is 127. The maximum Gasteiger partial charge on any atom is 0.144 e. The van der Waals surface area contributed by atoms with Crippen LogP contribution in [0.25, 0.3) is 0 Å². The quantitative estimate of drug-likeness (QED) is 0.579. The molecule has 1 fully saturated rings. The lowest BCUT2D eigenvalue weighted by molar-refractivity contribution is -0.132. The van der Waals surface area contributed by atoms with Crippen LogP contribution in [-0.4, -0.2) is 16.8 Å². The molecule has 0 unspecified atom stereocenters. The average Bonchev–Trinajstić information content (AvgIpc) is 2.35. The van der Waals surface area contributed by atoms with Gasteiger partial charge in [0.25, 0.3) is 0 Å². The molecule has 0 radical (unpaired) electrons. The van der Waals surface area contributed by atoms with Crippen molar-refractivity contribution in [2.75, 3.05) is 7.11 Å². The van der Waals surface area contributed by atoms with Gasteiger partial charge in [-0.05, 0) is 36.5 Å². The largest absolute Gasteiger partial charge is 0.496 e. The van der Waals surface area contributed by atoms with Crippen molar-refractivity contribution in [3.8, 4) is 5.75 Å². The number of fused-ring (bicyclic) bond motifs is 2. The van der Waals surface area contributed by atoms with Gasteiger partial charge in [0.05, 0.1) is 12.5 Å². The molecule has 1 spiro atoms. The van der Waals surface area contributed by atoms with E-state index in [2.05, 4.69) is 28.7 Å². The molecule has 3 rings (SSSR count). The second-order valence-corrected chi connectivity index (χ2v) is 6.39. The third-order valence-electron chi connectivity index (χ3n) is 4.26. The number of benzene rings is 1. The minimum atomic E-state index is -0.192. The SMILES string of the molecule is COc1cccc2c1CC[C@H](I)[C@@]21CCC1=O. The van der Waals surface area contributed by atoms with E-state index < -0.39 is 0 Å². The van der Waals surface area contributed by atoms with Gasteiger partial charge in [-0.2, -0.15) is 0 Å². The van der Waals surface area contributed by atoms with Gasteiger partial charge in [-0.25, -0.2) is 0 Å². The van der Waals surface area contributed by atoms with Crippen LogP contribution in [0.15, 0.2) is 18.2 Å². The highest BCUT2D eigenvalue weighted by molar-refractivity contribution is 14.1. The molecule has 0 amide bonds. The number of ether oxygens (including phenoxy) is 1. The summed E-state index contributed by atoms with van der Waals surface area (Å²) in [4.78, 5) is 12.1. The molecule has 0 aliphatic heterocycles. The minimum absolute atomic E-state index is 0.192. The molecule has 0 saturated heterocycles. The van der Waals surface area contributed by atoms with Gasteiger partial charge in [-0.1, -0.05) is 34.7 Å². The molecule has 2 aliphatic carbocycles. The molecular formula is C14H15IO2. The molecule has 90 valence electrons. The summed E-state index contributed by atoms with van der Waals surface area (Å²) >= 11 is 2.46. The second-order valence-electron chi connectivity index (χ2n) is 4.89. The van der Waals surface area contributed by atoms with Gasteiger partial charge in [-0.15, -0.1) is 0 Å². The predicted molar refractivity (Wildman–Crippen MR) is 75.0 cm³/mol. The van der Waals surface area contributed by atoms with Gasteiger partial charge in [0.2, 0.25) is 0 Å². The number of alkyl halides is 1. The van der Waals surface area contributed by atoms with E-state index in [9.17, 15) is 4.79 Å². The van der Waals surface area contributed by atoms with Gasteiger partial charge < -0.3 is 4.74 Å². The van der Waals surface area contributed by atoms with Crippen molar-refractivity contribution in [3.05, 3.63) is 29.3 Å². The first-order valence-electron chi connectivity index (χ1n) is 6.04. The number of ketones is 1. The summed E-state index contributed by atoms with van der Waals surface area (Å²) in [6.07, 6.45) is 3.87. The summed E-state index contributed by atoms with van der Waals surface area (Å²) in [5.41, 5.74) is 2.30. The van der Waals surface area contributed by atoms with Gasteiger partial charge in [0, 0.05) is 10.3 Å². The molecule has 1 aromatic carbocycles. The zero-order valence-corrected chi connectivity index (χ0v) is 12.0. The number of carbonyl (C=O) groups is 1. The lowest BCUT2D eigenvalue weighted by atomic mass is 9.57. The zero-order valence-electron chi connectivity index (χ0n) is 9.83. The topological polar surface area (TPSA) is 26.3 Å². The Morgan fingerprint density at radius 1 is 1.41 bits per heavy atom. The Hall–Kier alpha value is -0.580. The molecule has 2 nitrogen and oxygen atoms in total. The molecule has 0 heterocycles. The Balaban J connectivity index is 2.19. The summed E-state index contributed by atoms with van der Waals surface area (Å²) in [5, 5.41) is 0. The van der Waals surface area contributed by atoms with E-state index in [4.69, 9.17) is 4.74 Å². The highest BCUT2D eigenvalue weighted by Crippen LogP contribution is 2.53. The zero-order chi connectivity index (χ0) is 12.0. The molecule has 2 atom stereocenters. The van der Waals surface area contributed by atoms with E-state index in [1.165, 1.54) is 11.1 Å². The van der Waals surface area contributed by atoms with E-state index in [1.54, 1.807) is 7.11 Å². The predicted octanol–water partition coefficient (Wildman–Crippen LogP) is 3.05. The Morgan fingerprint density at radius 2 is 2.24 bits per heavy atom. The van der Waals surface area contributed by atoms with Crippen LogP contribution in [0.2, 0.25) is 0 Å². The number of carbonyl (C=O) groups excluding carboxylic acids is 1. The summed E-state index contributed by atoms with van der Waals surface area (Å²) in [5.74, 6) is 1.37. The molecule has 1 saturated carbocycles. The molecule has 2 aliphatic rings. The van der Waals surface area contributed by atoms with E-state index >= 15 is 0 Å². The number of halogens is 1. The second kappa shape index (κ2) is 3.97. The number of hydrogen-bond acceptors (Lipinski definition) is 2. The lowest BCUT2D eigenvalue weighted by Crippen LogP contribution is -2.54. The van der Waals surface area contributed by atoms with E-state index in [0.29, 0.717) is 9.71 Å². The van der Waals surface area contributed by atoms with Gasteiger partial charge in [-0.3, -0.25) is 4.79 Å². The van der Waals surface area contributed by atoms with Crippen LogP contribution in [0.1, 0.15) is 30.4 Å². The maximum atomic E-state index is 12.1. The number of Topliss-reactive ketones (excluding diaryl/α,β-unsaturated/α-hetero) is 1. The highest BCUT2D eigenvalue weighted by Gasteiger charge is 2.54. The molecule has 1 aromatic rings. The molecule has 3 heteroatoms. The third-order valence-corrected chi connectivity index (χ3v) is 5.95. The first kappa shape index (κ1) is 11.5. The third kappa shape index (κ3) is 1.41. The van der Waals surface area contributed by atoms with Crippen LogP contribution in [0.5, 0.6) is 5.75 Å². The van der Waals surface area contributed by atoms with Crippen LogP contribution in [-0.2, 0) is 16.6 Å². The molecule has 0 N–H and O–H groups in total. The fourth-order valence-electron chi connectivity index (χ4n) is 3.23. The number of hydrogen-bond donors (Lipinski definition) is 0. The first-order chi connectivity index (χ1) is 8.20. The van der Waals surface area contributed by atoms with Crippen molar-refractivity contribution < 1.29 is 9.53 Å². The Labute approximate surface area is 115 Å². The van der Waals surface area contributed by atoms with Crippen LogP contribution in [0.3, 0.4) is 0 Å². The van der Waals surface area contributed by atoms with Crippen LogP contribution in [0.4, 0.5) is 0 Å². The first-order valence-corrected chi connectivity index (χ1v) is 7.28. The maximum absolute atomic E-state index is 12.1. The number of rotatable bonds is 1. The van der Waals surface area contributed by atoms with Crippen molar-refractivity contribution in [1.82, 2.24) is 0 Å². The molecular weight excluding hydrogens is 327 g/mol. The van der Waals surface area contributed by atoms with Crippen molar-refractivity contribution >= 4 is 28.4 Å². The van der Waals surface area contributed by atoms with Crippen molar-refractivity contribution in [2.45, 2.75) is 35.0 Å². The Kier molecular flexibility index (Phi) is 2.69. The lowest BCUT2D eigenvalue weighted by Gasteiger charge is -2.48.